The molecule has 0 aromatic heterocycles. The summed E-state index contributed by atoms with van der Waals surface area (Å²) < 4.78 is 0. The Hall–Kier alpha value is -1.11. The van der Waals surface area contributed by atoms with Gasteiger partial charge in [-0.1, -0.05) is 44.6 Å². The molecule has 0 bridgehead atoms. The number of carbonyl (C=O) groups is 1. The summed E-state index contributed by atoms with van der Waals surface area (Å²) in [6.07, 6.45) is 12.2. The summed E-state index contributed by atoms with van der Waals surface area (Å²) in [5.41, 5.74) is 2.52. The van der Waals surface area contributed by atoms with Crippen LogP contribution in [0.15, 0.2) is 35.5 Å². The number of hydrogen-bond acceptors (Lipinski definition) is 1. The van der Waals surface area contributed by atoms with Gasteiger partial charge in [-0.3, -0.25) is 4.79 Å². The van der Waals surface area contributed by atoms with Gasteiger partial charge in [0.05, 0.1) is 0 Å². The van der Waals surface area contributed by atoms with E-state index in [0.29, 0.717) is 12.3 Å². The Bertz CT molecular complexity index is 332. The largest absolute Gasteiger partial charge is 0.295 e. The molecule has 0 fully saturated rings. The molecule has 0 aliphatic carbocycles. The van der Waals surface area contributed by atoms with Crippen LogP contribution in [0.3, 0.4) is 0 Å². The van der Waals surface area contributed by atoms with Crippen molar-refractivity contribution < 1.29 is 4.79 Å². The molecule has 0 saturated carbocycles. The van der Waals surface area contributed by atoms with Crippen LogP contribution in [-0.2, 0) is 4.79 Å². The highest BCUT2D eigenvalue weighted by molar-refractivity contribution is 5.90. The molecular formula is C17H28O. The van der Waals surface area contributed by atoms with E-state index in [0.717, 1.165) is 24.8 Å². The first-order valence-electron chi connectivity index (χ1n) is 7.02. The zero-order valence-corrected chi connectivity index (χ0v) is 12.6. The summed E-state index contributed by atoms with van der Waals surface area (Å²) in [6, 6.07) is 0. The van der Waals surface area contributed by atoms with Crippen molar-refractivity contribution in [2.45, 2.75) is 60.3 Å². The van der Waals surface area contributed by atoms with Gasteiger partial charge in [-0.25, -0.2) is 0 Å². The number of carbonyl (C=O) groups excluding carboxylic acids is 1. The molecular weight excluding hydrogens is 220 g/mol. The van der Waals surface area contributed by atoms with Gasteiger partial charge >= 0.3 is 0 Å². The van der Waals surface area contributed by atoms with Crippen LogP contribution < -0.4 is 0 Å². The molecule has 102 valence electrons. The minimum absolute atomic E-state index is 0.201. The molecule has 0 N–H and O–H groups in total. The number of ketones is 1. The van der Waals surface area contributed by atoms with Gasteiger partial charge in [0, 0.05) is 6.42 Å². The van der Waals surface area contributed by atoms with Crippen LogP contribution in [0.5, 0.6) is 0 Å². The van der Waals surface area contributed by atoms with Crippen molar-refractivity contribution in [1.82, 2.24) is 0 Å². The van der Waals surface area contributed by atoms with Crippen molar-refractivity contribution >= 4 is 5.78 Å². The lowest BCUT2D eigenvalue weighted by atomic mass is 10.0. The van der Waals surface area contributed by atoms with Crippen molar-refractivity contribution in [3.8, 4) is 0 Å². The van der Waals surface area contributed by atoms with E-state index in [1.54, 1.807) is 6.08 Å². The van der Waals surface area contributed by atoms with E-state index in [-0.39, 0.29) is 5.78 Å². The predicted molar refractivity (Wildman–Crippen MR) is 80.6 cm³/mol. The molecule has 0 radical (unpaired) electrons. The second kappa shape index (κ2) is 9.87. The van der Waals surface area contributed by atoms with Gasteiger partial charge < -0.3 is 0 Å². The smallest absolute Gasteiger partial charge is 0.155 e. The Balaban J connectivity index is 4.09. The highest BCUT2D eigenvalue weighted by Gasteiger charge is 1.97. The maximum atomic E-state index is 11.2. The zero-order chi connectivity index (χ0) is 14.0. The fourth-order valence-electron chi connectivity index (χ4n) is 1.53. The highest BCUT2D eigenvalue weighted by atomic mass is 16.1. The van der Waals surface area contributed by atoms with Crippen molar-refractivity contribution in [1.29, 1.82) is 0 Å². The summed E-state index contributed by atoms with van der Waals surface area (Å²) in [7, 11) is 0. The van der Waals surface area contributed by atoms with E-state index < -0.39 is 0 Å². The average molecular weight is 248 g/mol. The van der Waals surface area contributed by atoms with Crippen LogP contribution in [-0.4, -0.2) is 5.78 Å². The van der Waals surface area contributed by atoms with Crippen LogP contribution in [0, 0.1) is 5.92 Å². The van der Waals surface area contributed by atoms with Crippen LogP contribution in [0.25, 0.3) is 0 Å². The number of allylic oxidation sites excluding steroid dienone is 6. The molecule has 0 aromatic carbocycles. The van der Waals surface area contributed by atoms with Crippen molar-refractivity contribution in [3.05, 3.63) is 35.5 Å². The Morgan fingerprint density at radius 1 is 1.11 bits per heavy atom. The molecule has 1 atom stereocenters. The zero-order valence-electron chi connectivity index (χ0n) is 12.6. The molecule has 0 rings (SSSR count). The van der Waals surface area contributed by atoms with Crippen LogP contribution in [0.1, 0.15) is 60.3 Å². The first kappa shape index (κ1) is 16.9. The lowest BCUT2D eigenvalue weighted by molar-refractivity contribution is -0.114. The molecule has 1 unspecified atom stereocenters. The van der Waals surface area contributed by atoms with E-state index in [2.05, 4.69) is 39.0 Å². The third-order valence-electron chi connectivity index (χ3n) is 3.08. The average Bonchev–Trinajstić information content (AvgIpc) is 2.35. The normalized spacial score (nSPS) is 15.2. The molecule has 0 saturated heterocycles. The quantitative estimate of drug-likeness (QED) is 0.326. The van der Waals surface area contributed by atoms with Crippen LogP contribution in [0.4, 0.5) is 0 Å². The Labute approximate surface area is 113 Å². The van der Waals surface area contributed by atoms with Crippen LogP contribution in [0.2, 0.25) is 0 Å². The van der Waals surface area contributed by atoms with Gasteiger partial charge in [-0.2, -0.15) is 0 Å². The van der Waals surface area contributed by atoms with Gasteiger partial charge in [-0.05, 0) is 50.7 Å². The Morgan fingerprint density at radius 2 is 1.78 bits per heavy atom. The maximum Gasteiger partial charge on any atom is 0.155 e. The molecule has 0 aliphatic rings. The Morgan fingerprint density at radius 3 is 2.33 bits per heavy atom. The standard InChI is InChI=1S/C17H28O/c1-6-14(3)11-12-15(4)9-8-10-16(5)13-17(18)7-2/h8,10-11,13,15H,6-7,9,12H2,1-5H3. The first-order chi connectivity index (χ1) is 8.49. The van der Waals surface area contributed by atoms with E-state index in [4.69, 9.17) is 0 Å². The van der Waals surface area contributed by atoms with E-state index in [9.17, 15) is 4.79 Å². The second-order valence-corrected chi connectivity index (χ2v) is 5.09. The SMILES string of the molecule is CCC(=O)C=C(C)C=CCC(C)CC=C(C)CC. The summed E-state index contributed by atoms with van der Waals surface area (Å²) in [6.45, 7) is 10.5. The van der Waals surface area contributed by atoms with Gasteiger partial charge in [0.1, 0.15) is 0 Å². The molecule has 1 nitrogen and oxygen atoms in total. The topological polar surface area (TPSA) is 17.1 Å². The number of hydrogen-bond donors (Lipinski definition) is 0. The lowest BCUT2D eigenvalue weighted by Crippen LogP contribution is -1.91. The van der Waals surface area contributed by atoms with Crippen molar-refractivity contribution in [3.63, 3.8) is 0 Å². The highest BCUT2D eigenvalue weighted by Crippen LogP contribution is 2.12. The minimum Gasteiger partial charge on any atom is -0.295 e. The van der Waals surface area contributed by atoms with Gasteiger partial charge in [0.25, 0.3) is 0 Å². The molecule has 0 aliphatic heterocycles. The third-order valence-corrected chi connectivity index (χ3v) is 3.08. The fraction of sp³-hybridized carbons (Fsp3) is 0.588. The second-order valence-electron chi connectivity index (χ2n) is 5.09. The van der Waals surface area contributed by atoms with Crippen LogP contribution >= 0.6 is 0 Å². The molecule has 0 amide bonds. The van der Waals surface area contributed by atoms with E-state index in [1.807, 2.05) is 13.8 Å². The van der Waals surface area contributed by atoms with Crippen molar-refractivity contribution in [2.24, 2.45) is 5.92 Å². The number of rotatable bonds is 8. The predicted octanol–water partition coefficient (Wildman–Crippen LogP) is 5.24. The van der Waals surface area contributed by atoms with E-state index >= 15 is 0 Å². The summed E-state index contributed by atoms with van der Waals surface area (Å²) in [4.78, 5) is 11.2. The third kappa shape index (κ3) is 8.98. The minimum atomic E-state index is 0.201. The van der Waals surface area contributed by atoms with Crippen molar-refractivity contribution in [2.75, 3.05) is 0 Å². The molecule has 0 aromatic rings. The van der Waals surface area contributed by atoms with E-state index in [1.165, 1.54) is 5.57 Å². The molecule has 18 heavy (non-hydrogen) atoms. The molecule has 0 spiro atoms. The Kier molecular flexibility index (Phi) is 9.26. The maximum absolute atomic E-state index is 11.2. The fourth-order valence-corrected chi connectivity index (χ4v) is 1.53. The summed E-state index contributed by atoms with van der Waals surface area (Å²) >= 11 is 0. The summed E-state index contributed by atoms with van der Waals surface area (Å²) in [5.74, 6) is 0.865. The van der Waals surface area contributed by atoms with Gasteiger partial charge in [-0.15, -0.1) is 0 Å². The van der Waals surface area contributed by atoms with Gasteiger partial charge in [0.15, 0.2) is 5.78 Å². The summed E-state index contributed by atoms with van der Waals surface area (Å²) in [5, 5.41) is 0. The first-order valence-corrected chi connectivity index (χ1v) is 7.02. The lowest BCUT2D eigenvalue weighted by Gasteiger charge is -2.05. The monoisotopic (exact) mass is 248 g/mol. The molecule has 0 heterocycles. The van der Waals surface area contributed by atoms with Gasteiger partial charge in [0.2, 0.25) is 0 Å². The molecule has 1 heteroatoms.